The van der Waals surface area contributed by atoms with E-state index in [4.69, 9.17) is 33.7 Å². The van der Waals surface area contributed by atoms with Gasteiger partial charge >= 0.3 is 0 Å². The number of nitrogens with two attached hydrogens (primary N) is 1. The van der Waals surface area contributed by atoms with E-state index in [9.17, 15) is 4.79 Å². The quantitative estimate of drug-likeness (QED) is 0.691. The van der Waals surface area contributed by atoms with Crippen molar-refractivity contribution in [2.45, 2.75) is 0 Å². The van der Waals surface area contributed by atoms with E-state index in [0.717, 1.165) is 11.3 Å². The Balaban J connectivity index is 2.56. The molecule has 1 aromatic carbocycles. The van der Waals surface area contributed by atoms with Gasteiger partial charge < -0.3 is 10.5 Å². The van der Waals surface area contributed by atoms with Crippen LogP contribution >= 0.6 is 34.5 Å². The lowest BCUT2D eigenvalue weighted by atomic mass is 10.0. The fourth-order valence-corrected chi connectivity index (χ4v) is 3.05. The van der Waals surface area contributed by atoms with Gasteiger partial charge in [0.25, 0.3) is 0 Å². The van der Waals surface area contributed by atoms with Crippen LogP contribution < -0.4 is 10.5 Å². The zero-order valence-electron chi connectivity index (χ0n) is 9.37. The number of methoxy groups -OCH3 is 1. The van der Waals surface area contributed by atoms with E-state index in [1.807, 2.05) is 0 Å². The molecule has 0 aliphatic carbocycles. The first-order chi connectivity index (χ1) is 8.54. The third kappa shape index (κ3) is 2.32. The zero-order chi connectivity index (χ0) is 13.3. The van der Waals surface area contributed by atoms with Gasteiger partial charge in [-0.2, -0.15) is 0 Å². The van der Waals surface area contributed by atoms with Gasteiger partial charge in [0.05, 0.1) is 22.6 Å². The van der Waals surface area contributed by atoms with Crippen molar-refractivity contribution in [2.75, 3.05) is 12.8 Å². The van der Waals surface area contributed by atoms with Crippen LogP contribution in [0.25, 0.3) is 0 Å². The summed E-state index contributed by atoms with van der Waals surface area (Å²) in [4.78, 5) is 12.4. The van der Waals surface area contributed by atoms with Gasteiger partial charge in [-0.05, 0) is 18.2 Å². The SMILES string of the molecule is COc1cccc(N)c1C(=O)c1cc(Cl)sc1Cl. The maximum Gasteiger partial charge on any atom is 0.201 e. The Kier molecular flexibility index (Phi) is 3.80. The lowest BCUT2D eigenvalue weighted by molar-refractivity contribution is 0.103. The number of rotatable bonds is 3. The normalized spacial score (nSPS) is 10.4. The number of hydrogen-bond donors (Lipinski definition) is 1. The van der Waals surface area contributed by atoms with E-state index in [1.165, 1.54) is 13.2 Å². The first kappa shape index (κ1) is 13.2. The number of carbonyl (C=O) groups is 1. The van der Waals surface area contributed by atoms with E-state index >= 15 is 0 Å². The van der Waals surface area contributed by atoms with Crippen LogP contribution in [0, 0.1) is 0 Å². The molecule has 0 bridgehead atoms. The molecule has 18 heavy (non-hydrogen) atoms. The number of ketones is 1. The summed E-state index contributed by atoms with van der Waals surface area (Å²) in [6.07, 6.45) is 0. The first-order valence-corrected chi connectivity index (χ1v) is 6.54. The number of benzene rings is 1. The van der Waals surface area contributed by atoms with Crippen LogP contribution in [0.2, 0.25) is 8.67 Å². The van der Waals surface area contributed by atoms with E-state index < -0.39 is 0 Å². The molecule has 0 atom stereocenters. The number of nitrogen functional groups attached to an aromatic ring is 1. The average Bonchev–Trinajstić information content (AvgIpc) is 2.67. The fraction of sp³-hybridized carbons (Fsp3) is 0.0833. The van der Waals surface area contributed by atoms with Gasteiger partial charge in [-0.1, -0.05) is 29.3 Å². The standard InChI is InChI=1S/C12H9Cl2NO2S/c1-17-8-4-2-3-7(15)10(8)11(16)6-5-9(13)18-12(6)14/h2-5H,15H2,1H3. The number of ether oxygens (including phenoxy) is 1. The molecule has 0 aliphatic heterocycles. The Bertz CT molecular complexity index is 610. The summed E-state index contributed by atoms with van der Waals surface area (Å²) in [7, 11) is 1.48. The van der Waals surface area contributed by atoms with Crippen molar-refractivity contribution in [2.24, 2.45) is 0 Å². The zero-order valence-corrected chi connectivity index (χ0v) is 11.7. The molecule has 1 heterocycles. The van der Waals surface area contributed by atoms with Crippen LogP contribution in [0.5, 0.6) is 5.75 Å². The molecular formula is C12H9Cl2NO2S. The minimum Gasteiger partial charge on any atom is -0.496 e. The molecule has 94 valence electrons. The molecule has 0 aliphatic rings. The summed E-state index contributed by atoms with van der Waals surface area (Å²) in [6, 6.07) is 6.55. The summed E-state index contributed by atoms with van der Waals surface area (Å²) >= 11 is 12.9. The highest BCUT2D eigenvalue weighted by Crippen LogP contribution is 2.35. The third-order valence-corrected chi connectivity index (χ3v) is 3.89. The van der Waals surface area contributed by atoms with E-state index in [-0.39, 0.29) is 5.78 Å². The van der Waals surface area contributed by atoms with E-state index in [1.54, 1.807) is 18.2 Å². The van der Waals surface area contributed by atoms with Crippen molar-refractivity contribution in [3.8, 4) is 5.75 Å². The topological polar surface area (TPSA) is 52.3 Å². The van der Waals surface area contributed by atoms with Crippen molar-refractivity contribution >= 4 is 46.0 Å². The number of carbonyl (C=O) groups excluding carboxylic acids is 1. The fourth-order valence-electron chi connectivity index (χ4n) is 1.59. The predicted octanol–water partition coefficient (Wildman–Crippen LogP) is 3.88. The summed E-state index contributed by atoms with van der Waals surface area (Å²) in [6.45, 7) is 0. The monoisotopic (exact) mass is 301 g/mol. The van der Waals surface area contributed by atoms with Gasteiger partial charge in [-0.15, -0.1) is 11.3 Å². The van der Waals surface area contributed by atoms with Crippen LogP contribution in [0.1, 0.15) is 15.9 Å². The molecule has 0 fully saturated rings. The minimum atomic E-state index is -0.293. The van der Waals surface area contributed by atoms with Crippen molar-refractivity contribution in [1.29, 1.82) is 0 Å². The highest BCUT2D eigenvalue weighted by atomic mass is 35.5. The smallest absolute Gasteiger partial charge is 0.201 e. The largest absolute Gasteiger partial charge is 0.496 e. The average molecular weight is 302 g/mol. The maximum atomic E-state index is 12.4. The molecule has 0 amide bonds. The summed E-state index contributed by atoms with van der Waals surface area (Å²) in [5.74, 6) is 0.122. The Labute approximate surface area is 118 Å². The molecule has 6 heteroatoms. The van der Waals surface area contributed by atoms with Crippen molar-refractivity contribution in [3.63, 3.8) is 0 Å². The maximum absolute atomic E-state index is 12.4. The summed E-state index contributed by atoms with van der Waals surface area (Å²) in [5.41, 5.74) is 6.80. The van der Waals surface area contributed by atoms with Crippen LogP contribution in [-0.4, -0.2) is 12.9 Å². The minimum absolute atomic E-state index is 0.293. The molecule has 2 rings (SSSR count). The van der Waals surface area contributed by atoms with Gasteiger partial charge in [0, 0.05) is 5.69 Å². The number of thiophene rings is 1. The molecule has 1 aromatic heterocycles. The van der Waals surface area contributed by atoms with Gasteiger partial charge in [0.1, 0.15) is 10.1 Å². The molecule has 0 saturated heterocycles. The first-order valence-electron chi connectivity index (χ1n) is 4.96. The van der Waals surface area contributed by atoms with Crippen LogP contribution in [0.4, 0.5) is 5.69 Å². The van der Waals surface area contributed by atoms with E-state index in [2.05, 4.69) is 0 Å². The number of hydrogen-bond acceptors (Lipinski definition) is 4. The molecule has 0 radical (unpaired) electrons. The highest BCUT2D eigenvalue weighted by molar-refractivity contribution is 7.20. The number of halogens is 2. The van der Waals surface area contributed by atoms with Gasteiger partial charge in [-0.25, -0.2) is 0 Å². The summed E-state index contributed by atoms with van der Waals surface area (Å²) < 4.78 is 5.94. The molecule has 3 nitrogen and oxygen atoms in total. The third-order valence-electron chi connectivity index (χ3n) is 2.41. The van der Waals surface area contributed by atoms with Crippen LogP contribution in [0.3, 0.4) is 0 Å². The second kappa shape index (κ2) is 5.18. The second-order valence-corrected chi connectivity index (χ2v) is 5.78. The summed E-state index contributed by atoms with van der Waals surface area (Å²) in [5, 5.41) is 0. The lowest BCUT2D eigenvalue weighted by Crippen LogP contribution is -2.07. The van der Waals surface area contributed by atoms with Crippen LogP contribution in [0.15, 0.2) is 24.3 Å². The Morgan fingerprint density at radius 3 is 2.67 bits per heavy atom. The highest BCUT2D eigenvalue weighted by Gasteiger charge is 2.21. The lowest BCUT2D eigenvalue weighted by Gasteiger charge is -2.09. The molecule has 2 aromatic rings. The molecule has 0 unspecified atom stereocenters. The second-order valence-electron chi connectivity index (χ2n) is 3.49. The van der Waals surface area contributed by atoms with Crippen molar-refractivity contribution in [3.05, 3.63) is 44.1 Å². The van der Waals surface area contributed by atoms with Crippen molar-refractivity contribution < 1.29 is 9.53 Å². The van der Waals surface area contributed by atoms with Crippen LogP contribution in [-0.2, 0) is 0 Å². The Hall–Kier alpha value is -1.23. The van der Waals surface area contributed by atoms with Crippen molar-refractivity contribution in [1.82, 2.24) is 0 Å². The molecule has 0 saturated carbocycles. The molecule has 2 N–H and O–H groups in total. The Morgan fingerprint density at radius 1 is 1.39 bits per heavy atom. The van der Waals surface area contributed by atoms with E-state index in [0.29, 0.717) is 31.2 Å². The van der Waals surface area contributed by atoms with Gasteiger partial charge in [-0.3, -0.25) is 4.79 Å². The molecule has 0 spiro atoms. The molecular weight excluding hydrogens is 293 g/mol. The van der Waals surface area contributed by atoms with Gasteiger partial charge in [0.15, 0.2) is 0 Å². The van der Waals surface area contributed by atoms with Gasteiger partial charge in [0.2, 0.25) is 5.78 Å². The predicted molar refractivity (Wildman–Crippen MR) is 75.2 cm³/mol. The number of anilines is 1. The Morgan fingerprint density at radius 2 is 2.11 bits per heavy atom.